The van der Waals surface area contributed by atoms with Crippen LogP contribution in [0.2, 0.25) is 0 Å². The van der Waals surface area contributed by atoms with E-state index < -0.39 is 0 Å². The quantitative estimate of drug-likeness (QED) is 0.904. The molecule has 2 aromatic rings. The van der Waals surface area contributed by atoms with Gasteiger partial charge in [0.25, 0.3) is 0 Å². The van der Waals surface area contributed by atoms with Crippen molar-refractivity contribution in [1.82, 2.24) is 0 Å². The Morgan fingerprint density at radius 1 is 1.16 bits per heavy atom. The smallest absolute Gasteiger partial charge is 0.137 e. The topological polar surface area (TPSA) is 15.3 Å². The van der Waals surface area contributed by atoms with Crippen LogP contribution in [0.1, 0.15) is 5.56 Å². The Morgan fingerprint density at radius 3 is 2.63 bits per heavy atom. The van der Waals surface area contributed by atoms with Crippen molar-refractivity contribution in [1.29, 1.82) is 0 Å². The first kappa shape index (κ1) is 13.9. The van der Waals surface area contributed by atoms with Gasteiger partial charge in [0, 0.05) is 32.0 Å². The zero-order chi connectivity index (χ0) is 13.8. The highest BCUT2D eigenvalue weighted by atomic mass is 79.9. The molecule has 2 rings (SSSR count). The third kappa shape index (κ3) is 3.70. The lowest BCUT2D eigenvalue weighted by atomic mass is 10.2. The normalized spacial score (nSPS) is 10.3. The van der Waals surface area contributed by atoms with E-state index in [0.717, 1.165) is 16.9 Å². The molecule has 0 fully saturated rings. The standard InChI is InChI=1S/C15H16BrFN2/c1-19(2)13-5-3-4-12(9-13)18-10-11-6-7-15(17)14(16)8-11/h3-9,18H,10H2,1-2H3. The maximum Gasteiger partial charge on any atom is 0.137 e. The maximum atomic E-state index is 13.1. The molecule has 0 atom stereocenters. The Morgan fingerprint density at radius 2 is 1.95 bits per heavy atom. The molecule has 4 heteroatoms. The Hall–Kier alpha value is -1.55. The summed E-state index contributed by atoms with van der Waals surface area (Å²) in [6.45, 7) is 0.662. The van der Waals surface area contributed by atoms with E-state index in [0.29, 0.717) is 11.0 Å². The molecule has 0 unspecified atom stereocenters. The number of halogens is 2. The minimum Gasteiger partial charge on any atom is -0.381 e. The Balaban J connectivity index is 2.05. The van der Waals surface area contributed by atoms with Crippen LogP contribution in [0.3, 0.4) is 0 Å². The molecule has 0 bridgehead atoms. The van der Waals surface area contributed by atoms with Gasteiger partial charge in [-0.25, -0.2) is 4.39 Å². The van der Waals surface area contributed by atoms with Gasteiger partial charge in [0.05, 0.1) is 4.47 Å². The number of nitrogens with zero attached hydrogens (tertiary/aromatic N) is 1. The predicted octanol–water partition coefficient (Wildman–Crippen LogP) is 4.27. The van der Waals surface area contributed by atoms with Crippen molar-refractivity contribution in [3.05, 3.63) is 58.3 Å². The van der Waals surface area contributed by atoms with E-state index in [-0.39, 0.29) is 5.82 Å². The molecule has 2 aromatic carbocycles. The van der Waals surface area contributed by atoms with Crippen molar-refractivity contribution >= 4 is 27.3 Å². The first-order valence-corrected chi connectivity index (χ1v) is 6.81. The number of rotatable bonds is 4. The van der Waals surface area contributed by atoms with E-state index in [4.69, 9.17) is 0 Å². The van der Waals surface area contributed by atoms with Gasteiger partial charge in [-0.3, -0.25) is 0 Å². The summed E-state index contributed by atoms with van der Waals surface area (Å²) < 4.78 is 13.6. The van der Waals surface area contributed by atoms with Crippen molar-refractivity contribution in [2.75, 3.05) is 24.3 Å². The zero-order valence-corrected chi connectivity index (χ0v) is 12.5. The Labute approximate surface area is 121 Å². The van der Waals surface area contributed by atoms with Crippen LogP contribution in [0.4, 0.5) is 15.8 Å². The lowest BCUT2D eigenvalue weighted by Crippen LogP contribution is -2.09. The van der Waals surface area contributed by atoms with Gasteiger partial charge < -0.3 is 10.2 Å². The molecule has 1 N–H and O–H groups in total. The summed E-state index contributed by atoms with van der Waals surface area (Å²) in [5, 5.41) is 3.33. The predicted molar refractivity (Wildman–Crippen MR) is 82.2 cm³/mol. The molecule has 100 valence electrons. The second kappa shape index (κ2) is 6.06. The van der Waals surface area contributed by atoms with Crippen molar-refractivity contribution in [3.63, 3.8) is 0 Å². The van der Waals surface area contributed by atoms with Crippen LogP contribution >= 0.6 is 15.9 Å². The van der Waals surface area contributed by atoms with Crippen LogP contribution in [0.5, 0.6) is 0 Å². The molecule has 0 radical (unpaired) electrons. The Bertz CT molecular complexity index is 570. The van der Waals surface area contributed by atoms with E-state index in [1.165, 1.54) is 6.07 Å². The van der Waals surface area contributed by atoms with Crippen LogP contribution in [-0.2, 0) is 6.54 Å². The number of nitrogens with one attached hydrogen (secondary N) is 1. The lowest BCUT2D eigenvalue weighted by molar-refractivity contribution is 0.620. The van der Waals surface area contributed by atoms with Crippen molar-refractivity contribution in [2.24, 2.45) is 0 Å². The van der Waals surface area contributed by atoms with Crippen LogP contribution in [0.15, 0.2) is 46.9 Å². The second-order valence-electron chi connectivity index (χ2n) is 4.55. The van der Waals surface area contributed by atoms with Gasteiger partial charge in [-0.15, -0.1) is 0 Å². The summed E-state index contributed by atoms with van der Waals surface area (Å²) in [5.74, 6) is -0.238. The molecule has 0 saturated heterocycles. The SMILES string of the molecule is CN(C)c1cccc(NCc2ccc(F)c(Br)c2)c1. The minimum atomic E-state index is -0.238. The number of anilines is 2. The van der Waals surface area contributed by atoms with Crippen molar-refractivity contribution < 1.29 is 4.39 Å². The fourth-order valence-electron chi connectivity index (χ4n) is 1.75. The van der Waals surface area contributed by atoms with E-state index in [1.807, 2.05) is 26.2 Å². The highest BCUT2D eigenvalue weighted by Gasteiger charge is 2.01. The fourth-order valence-corrected chi connectivity index (χ4v) is 2.17. The molecule has 0 heterocycles. The average molecular weight is 323 g/mol. The van der Waals surface area contributed by atoms with Gasteiger partial charge >= 0.3 is 0 Å². The van der Waals surface area contributed by atoms with Crippen molar-refractivity contribution in [3.8, 4) is 0 Å². The molecule has 0 spiro atoms. The highest BCUT2D eigenvalue weighted by Crippen LogP contribution is 2.20. The van der Waals surface area contributed by atoms with Crippen LogP contribution in [0, 0.1) is 5.82 Å². The molecule has 0 aromatic heterocycles. The summed E-state index contributed by atoms with van der Waals surface area (Å²) in [7, 11) is 4.02. The molecule has 0 saturated carbocycles. The van der Waals surface area contributed by atoms with Crippen LogP contribution in [0.25, 0.3) is 0 Å². The average Bonchev–Trinajstić information content (AvgIpc) is 2.40. The zero-order valence-electron chi connectivity index (χ0n) is 11.0. The maximum absolute atomic E-state index is 13.1. The number of hydrogen-bond acceptors (Lipinski definition) is 2. The van der Waals surface area contributed by atoms with Crippen molar-refractivity contribution in [2.45, 2.75) is 6.54 Å². The third-order valence-electron chi connectivity index (χ3n) is 2.84. The van der Waals surface area contributed by atoms with Gasteiger partial charge in [-0.1, -0.05) is 12.1 Å². The molecule has 0 aliphatic carbocycles. The van der Waals surface area contributed by atoms with E-state index in [1.54, 1.807) is 12.1 Å². The molecular weight excluding hydrogens is 307 g/mol. The number of benzene rings is 2. The van der Waals surface area contributed by atoms with Crippen LogP contribution < -0.4 is 10.2 Å². The van der Waals surface area contributed by atoms with Crippen LogP contribution in [-0.4, -0.2) is 14.1 Å². The van der Waals surface area contributed by atoms with Gasteiger partial charge in [0.15, 0.2) is 0 Å². The van der Waals surface area contributed by atoms with Gasteiger partial charge in [0.1, 0.15) is 5.82 Å². The monoisotopic (exact) mass is 322 g/mol. The van der Waals surface area contributed by atoms with Gasteiger partial charge in [0.2, 0.25) is 0 Å². The second-order valence-corrected chi connectivity index (χ2v) is 5.40. The summed E-state index contributed by atoms with van der Waals surface area (Å²) in [4.78, 5) is 2.06. The molecular formula is C15H16BrFN2. The summed E-state index contributed by atoms with van der Waals surface area (Å²) >= 11 is 3.19. The minimum absolute atomic E-state index is 0.238. The van der Waals surface area contributed by atoms with Gasteiger partial charge in [-0.2, -0.15) is 0 Å². The highest BCUT2D eigenvalue weighted by molar-refractivity contribution is 9.10. The summed E-state index contributed by atoms with van der Waals surface area (Å²) in [6.07, 6.45) is 0. The number of hydrogen-bond donors (Lipinski definition) is 1. The summed E-state index contributed by atoms with van der Waals surface area (Å²) in [5.41, 5.74) is 3.22. The summed E-state index contributed by atoms with van der Waals surface area (Å²) in [6, 6.07) is 13.2. The fraction of sp³-hybridized carbons (Fsp3) is 0.200. The largest absolute Gasteiger partial charge is 0.381 e. The van der Waals surface area contributed by atoms with E-state index in [2.05, 4.69) is 38.3 Å². The molecule has 0 amide bonds. The first-order chi connectivity index (χ1) is 9.06. The molecule has 19 heavy (non-hydrogen) atoms. The van der Waals surface area contributed by atoms with E-state index >= 15 is 0 Å². The Kier molecular flexibility index (Phi) is 4.43. The lowest BCUT2D eigenvalue weighted by Gasteiger charge is -2.14. The third-order valence-corrected chi connectivity index (χ3v) is 3.45. The molecule has 2 nitrogen and oxygen atoms in total. The molecule has 0 aliphatic rings. The molecule has 0 aliphatic heterocycles. The van der Waals surface area contributed by atoms with E-state index in [9.17, 15) is 4.39 Å². The van der Waals surface area contributed by atoms with Gasteiger partial charge in [-0.05, 0) is 51.8 Å². The first-order valence-electron chi connectivity index (χ1n) is 6.01.